The molecule has 2 atom stereocenters. The summed E-state index contributed by atoms with van der Waals surface area (Å²) in [6.45, 7) is 6.92. The Labute approximate surface area is 95.0 Å². The lowest BCUT2D eigenvalue weighted by Gasteiger charge is -2.05. The van der Waals surface area contributed by atoms with E-state index in [4.69, 9.17) is 29.8 Å². The zero-order valence-corrected chi connectivity index (χ0v) is 9.13. The SMILES string of the molecule is [C-]#[N+]c1ccc(F)c2c1SC(Cl)C2Cl. The maximum Gasteiger partial charge on any atom is 0.201 e. The maximum absolute atomic E-state index is 13.4. The van der Waals surface area contributed by atoms with Crippen LogP contribution in [0.4, 0.5) is 10.1 Å². The molecule has 0 saturated heterocycles. The molecule has 1 heterocycles. The van der Waals surface area contributed by atoms with E-state index in [0.717, 1.165) is 0 Å². The third-order valence-electron chi connectivity index (χ3n) is 1.98. The summed E-state index contributed by atoms with van der Waals surface area (Å²) >= 11 is 13.1. The van der Waals surface area contributed by atoms with Gasteiger partial charge in [0.1, 0.15) is 10.5 Å². The van der Waals surface area contributed by atoms with E-state index in [1.54, 1.807) is 0 Å². The van der Waals surface area contributed by atoms with E-state index in [0.29, 0.717) is 16.1 Å². The van der Waals surface area contributed by atoms with E-state index in [-0.39, 0.29) is 5.82 Å². The normalized spacial score (nSPS) is 24.4. The largest absolute Gasteiger partial charge is 0.237 e. The number of benzene rings is 1. The number of nitrogens with zero attached hydrogens (tertiary/aromatic N) is 1. The van der Waals surface area contributed by atoms with Crippen LogP contribution in [0.2, 0.25) is 0 Å². The first-order chi connectivity index (χ1) is 6.65. The van der Waals surface area contributed by atoms with Crippen LogP contribution in [0, 0.1) is 12.4 Å². The Kier molecular flexibility index (Phi) is 2.61. The minimum absolute atomic E-state index is 0.366. The maximum atomic E-state index is 13.4. The van der Waals surface area contributed by atoms with Crippen molar-refractivity contribution < 1.29 is 4.39 Å². The Bertz CT molecular complexity index is 430. The number of alkyl halides is 2. The predicted octanol–water partition coefficient (Wildman–Crippen LogP) is 4.33. The van der Waals surface area contributed by atoms with Crippen LogP contribution in [0.5, 0.6) is 0 Å². The summed E-state index contributed by atoms with van der Waals surface area (Å²) < 4.78 is 13.0. The van der Waals surface area contributed by atoms with Gasteiger partial charge in [-0.25, -0.2) is 9.24 Å². The Balaban J connectivity index is 2.65. The van der Waals surface area contributed by atoms with Crippen molar-refractivity contribution in [1.29, 1.82) is 0 Å². The molecule has 1 nitrogen and oxygen atoms in total. The molecule has 0 aliphatic carbocycles. The predicted molar refractivity (Wildman–Crippen MR) is 56.8 cm³/mol. The van der Waals surface area contributed by atoms with Crippen molar-refractivity contribution in [3.63, 3.8) is 0 Å². The molecule has 1 aliphatic heterocycles. The lowest BCUT2D eigenvalue weighted by atomic mass is 10.1. The van der Waals surface area contributed by atoms with Crippen molar-refractivity contribution >= 4 is 40.7 Å². The summed E-state index contributed by atoms with van der Waals surface area (Å²) in [7, 11) is 0. The highest BCUT2D eigenvalue weighted by molar-refractivity contribution is 8.01. The van der Waals surface area contributed by atoms with Crippen molar-refractivity contribution in [2.24, 2.45) is 0 Å². The molecule has 0 saturated carbocycles. The average molecular weight is 248 g/mol. The molecule has 14 heavy (non-hydrogen) atoms. The van der Waals surface area contributed by atoms with Gasteiger partial charge in [0.15, 0.2) is 0 Å². The number of rotatable bonds is 0. The highest BCUT2D eigenvalue weighted by Gasteiger charge is 2.34. The Morgan fingerprint density at radius 3 is 2.79 bits per heavy atom. The minimum Gasteiger partial charge on any atom is -0.237 e. The number of fused-ring (bicyclic) bond motifs is 1. The standard InChI is InChI=1S/C9H4Cl2FNS/c1-13-5-3-2-4(12)6-7(10)9(11)14-8(5)6/h2-3,7,9H. The van der Waals surface area contributed by atoms with Crippen molar-refractivity contribution in [3.05, 3.63) is 34.9 Å². The van der Waals surface area contributed by atoms with E-state index in [1.807, 2.05) is 0 Å². The van der Waals surface area contributed by atoms with Gasteiger partial charge in [0.05, 0.1) is 11.9 Å². The fourth-order valence-electron chi connectivity index (χ4n) is 1.34. The second kappa shape index (κ2) is 3.62. The van der Waals surface area contributed by atoms with Gasteiger partial charge >= 0.3 is 0 Å². The van der Waals surface area contributed by atoms with Crippen LogP contribution in [0.1, 0.15) is 10.9 Å². The Morgan fingerprint density at radius 1 is 1.43 bits per heavy atom. The molecule has 2 unspecified atom stereocenters. The molecule has 1 aromatic carbocycles. The molecule has 0 N–H and O–H groups in total. The molecule has 0 amide bonds. The smallest absolute Gasteiger partial charge is 0.201 e. The molecule has 0 aromatic heterocycles. The molecular weight excluding hydrogens is 244 g/mol. The molecule has 5 heteroatoms. The van der Waals surface area contributed by atoms with Gasteiger partial charge in [-0.15, -0.1) is 35.0 Å². The summed E-state index contributed by atoms with van der Waals surface area (Å²) in [5.74, 6) is -0.386. The Morgan fingerprint density at radius 2 is 2.14 bits per heavy atom. The summed E-state index contributed by atoms with van der Waals surface area (Å²) in [5.41, 5.74) is 0.783. The van der Waals surface area contributed by atoms with E-state index >= 15 is 0 Å². The molecule has 72 valence electrons. The van der Waals surface area contributed by atoms with Crippen LogP contribution >= 0.6 is 35.0 Å². The number of thioether (sulfide) groups is 1. The van der Waals surface area contributed by atoms with Gasteiger partial charge in [0.25, 0.3) is 0 Å². The van der Waals surface area contributed by atoms with Crippen molar-refractivity contribution in [1.82, 2.24) is 0 Å². The minimum atomic E-state index is -0.557. The summed E-state index contributed by atoms with van der Waals surface area (Å²) in [5, 5.41) is -0.557. The number of hydrogen-bond donors (Lipinski definition) is 0. The molecule has 0 spiro atoms. The van der Waals surface area contributed by atoms with Crippen LogP contribution < -0.4 is 0 Å². The number of hydrogen-bond acceptors (Lipinski definition) is 1. The molecule has 0 radical (unpaired) electrons. The third kappa shape index (κ3) is 1.38. The van der Waals surface area contributed by atoms with Crippen LogP contribution in [-0.2, 0) is 0 Å². The highest BCUT2D eigenvalue weighted by Crippen LogP contribution is 2.53. The van der Waals surface area contributed by atoms with Gasteiger partial charge in [-0.2, -0.15) is 0 Å². The van der Waals surface area contributed by atoms with E-state index in [9.17, 15) is 4.39 Å². The fourth-order valence-corrected chi connectivity index (χ4v) is 3.23. The zero-order chi connectivity index (χ0) is 10.3. The third-order valence-corrected chi connectivity index (χ3v) is 4.41. The van der Waals surface area contributed by atoms with Crippen molar-refractivity contribution in [2.75, 3.05) is 0 Å². The molecule has 1 aromatic rings. The van der Waals surface area contributed by atoms with Gasteiger partial charge in [-0.1, -0.05) is 6.07 Å². The van der Waals surface area contributed by atoms with Crippen molar-refractivity contribution in [3.8, 4) is 0 Å². The lowest BCUT2D eigenvalue weighted by Crippen LogP contribution is -1.96. The lowest BCUT2D eigenvalue weighted by molar-refractivity contribution is 0.606. The molecule has 1 aliphatic rings. The van der Waals surface area contributed by atoms with Crippen LogP contribution in [0.15, 0.2) is 17.0 Å². The monoisotopic (exact) mass is 247 g/mol. The van der Waals surface area contributed by atoms with Gasteiger partial charge in [0, 0.05) is 10.5 Å². The number of halogens is 3. The Hall–Kier alpha value is -0.430. The van der Waals surface area contributed by atoms with Gasteiger partial charge in [-0.05, 0) is 6.07 Å². The quantitative estimate of drug-likeness (QED) is 0.488. The highest BCUT2D eigenvalue weighted by atomic mass is 35.5. The first kappa shape index (κ1) is 10.1. The molecule has 2 rings (SSSR count). The van der Waals surface area contributed by atoms with Gasteiger partial charge in [0.2, 0.25) is 5.69 Å². The second-order valence-corrected chi connectivity index (χ2v) is 5.14. The van der Waals surface area contributed by atoms with E-state index in [2.05, 4.69) is 4.85 Å². The molecular formula is C9H4Cl2FNS. The van der Waals surface area contributed by atoms with Crippen LogP contribution in [-0.4, -0.2) is 4.71 Å². The van der Waals surface area contributed by atoms with Crippen molar-refractivity contribution in [2.45, 2.75) is 15.0 Å². The molecule has 0 bridgehead atoms. The molecule has 0 fully saturated rings. The fraction of sp³-hybridized carbons (Fsp3) is 0.222. The van der Waals surface area contributed by atoms with E-state index in [1.165, 1.54) is 23.9 Å². The van der Waals surface area contributed by atoms with Gasteiger partial charge < -0.3 is 0 Å². The van der Waals surface area contributed by atoms with Crippen LogP contribution in [0.3, 0.4) is 0 Å². The van der Waals surface area contributed by atoms with E-state index < -0.39 is 10.1 Å². The summed E-state index contributed by atoms with van der Waals surface area (Å²) in [6, 6.07) is 2.71. The average Bonchev–Trinajstić information content (AvgIpc) is 2.45. The van der Waals surface area contributed by atoms with Gasteiger partial charge in [-0.3, -0.25) is 0 Å². The summed E-state index contributed by atoms with van der Waals surface area (Å²) in [4.78, 5) is 3.88. The van der Waals surface area contributed by atoms with Crippen LogP contribution in [0.25, 0.3) is 4.85 Å². The first-order valence-electron chi connectivity index (χ1n) is 3.80. The first-order valence-corrected chi connectivity index (χ1v) is 5.55. The second-order valence-electron chi connectivity index (χ2n) is 2.79. The zero-order valence-electron chi connectivity index (χ0n) is 6.80. The topological polar surface area (TPSA) is 4.36 Å². The summed E-state index contributed by atoms with van der Waals surface area (Å²) in [6.07, 6.45) is 0.